The zero-order chi connectivity index (χ0) is 31.2. The van der Waals surface area contributed by atoms with Crippen molar-refractivity contribution in [1.82, 2.24) is 19.5 Å². The van der Waals surface area contributed by atoms with Gasteiger partial charge >= 0.3 is 8.60 Å². The Kier molecular flexibility index (Phi) is 8.24. The molecule has 2 saturated heterocycles. The molecule has 3 N–H and O–H groups in total. The van der Waals surface area contributed by atoms with Crippen LogP contribution in [0.2, 0.25) is 0 Å². The molecule has 3 aromatic heterocycles. The van der Waals surface area contributed by atoms with Crippen LogP contribution in [-0.2, 0) is 34.7 Å². The van der Waals surface area contributed by atoms with E-state index in [-0.39, 0.29) is 53.8 Å². The van der Waals surface area contributed by atoms with E-state index in [9.17, 15) is 19.3 Å². The van der Waals surface area contributed by atoms with Crippen LogP contribution in [0.4, 0.5) is 5.95 Å². The highest BCUT2D eigenvalue weighted by molar-refractivity contribution is 7.40. The van der Waals surface area contributed by atoms with E-state index in [1.807, 2.05) is 0 Å². The number of amides is 1. The molecule has 17 heteroatoms. The zero-order valence-corrected chi connectivity index (χ0v) is 25.0. The lowest BCUT2D eigenvalue weighted by molar-refractivity contribution is -0.199. The highest BCUT2D eigenvalue weighted by atomic mass is 31.2. The van der Waals surface area contributed by atoms with Gasteiger partial charge in [-0.15, -0.1) is 0 Å². The number of hydrogen-bond donors (Lipinski definition) is 3. The van der Waals surface area contributed by atoms with Crippen LogP contribution in [0.1, 0.15) is 39.2 Å². The number of nitrogens with one attached hydrogen (secondary N) is 2. The molecule has 44 heavy (non-hydrogen) atoms. The summed E-state index contributed by atoms with van der Waals surface area (Å²) in [5, 5.41) is 2.92. The topological polar surface area (TPSA) is 198 Å². The van der Waals surface area contributed by atoms with E-state index < -0.39 is 44.5 Å². The van der Waals surface area contributed by atoms with Gasteiger partial charge in [-0.3, -0.25) is 29.3 Å². The van der Waals surface area contributed by atoms with Gasteiger partial charge in [0.2, 0.25) is 11.9 Å². The Morgan fingerprint density at radius 2 is 2.00 bits per heavy atom. The van der Waals surface area contributed by atoms with Crippen molar-refractivity contribution in [3.63, 3.8) is 0 Å². The number of ether oxygens (including phenoxy) is 4. The van der Waals surface area contributed by atoms with Gasteiger partial charge in [0.1, 0.15) is 42.0 Å². The number of fused-ring (bicyclic) bond motifs is 3. The van der Waals surface area contributed by atoms with E-state index in [4.69, 9.17) is 32.4 Å². The highest BCUT2D eigenvalue weighted by Gasteiger charge is 2.56. The number of carbonyl (C=O) groups is 1. The summed E-state index contributed by atoms with van der Waals surface area (Å²) in [5.74, 6) is -0.604. The Morgan fingerprint density at radius 1 is 1.20 bits per heavy atom. The Labute approximate surface area is 250 Å². The lowest BCUT2D eigenvalue weighted by Crippen LogP contribution is -2.32. The minimum atomic E-state index is -2.41. The van der Waals surface area contributed by atoms with E-state index in [2.05, 4.69) is 20.3 Å². The second kappa shape index (κ2) is 12.0. The Balaban J connectivity index is 1.16. The number of imidazole rings is 1. The van der Waals surface area contributed by atoms with E-state index in [1.54, 1.807) is 39.0 Å². The van der Waals surface area contributed by atoms with Crippen LogP contribution in [0.25, 0.3) is 22.1 Å². The summed E-state index contributed by atoms with van der Waals surface area (Å²) in [6.45, 7) is 4.81. The summed E-state index contributed by atoms with van der Waals surface area (Å²) in [4.78, 5) is 58.5. The molecule has 5 atom stereocenters. The summed E-state index contributed by atoms with van der Waals surface area (Å²) in [5.41, 5.74) is -0.275. The maximum atomic E-state index is 12.6. The third-order valence-electron chi connectivity index (χ3n) is 7.06. The standard InChI is InChI=1S/C27H30N5O11P/c1-5-19(34)29-26-30-23-20(24(35)31-26)28-12-32(23)25-22-21(42-27(2,3)43-22)18(41-25)11-39-44(36)38-10-14-8-16(33)15-7-6-13(37-4)9-17(15)40-14/h6-9,12,18,21-22,25,36H,5,10-11H2,1-4H3,(H2,29,30,31,34,35)/t18-,21-,22-,25-,44?/m1/s1. The number of aromatic amines is 1. The Hall–Kier alpha value is -3.76. The van der Waals surface area contributed by atoms with Crippen LogP contribution in [0.3, 0.4) is 0 Å². The summed E-state index contributed by atoms with van der Waals surface area (Å²) in [7, 11) is -0.906. The number of hydrogen-bond acceptors (Lipinski definition) is 13. The van der Waals surface area contributed by atoms with Crippen LogP contribution in [0, 0.1) is 0 Å². The predicted molar refractivity (Wildman–Crippen MR) is 154 cm³/mol. The zero-order valence-electron chi connectivity index (χ0n) is 24.1. The number of aromatic nitrogens is 4. The third-order valence-corrected chi connectivity index (χ3v) is 7.78. The van der Waals surface area contributed by atoms with Gasteiger partial charge in [-0.1, -0.05) is 6.92 Å². The number of carbonyl (C=O) groups excluding carboxylic acids is 1. The van der Waals surface area contributed by atoms with Gasteiger partial charge in [-0.25, -0.2) is 4.98 Å². The molecule has 0 radical (unpaired) electrons. The molecule has 1 unspecified atom stereocenters. The van der Waals surface area contributed by atoms with Crippen molar-refractivity contribution in [2.45, 2.75) is 64.1 Å². The Morgan fingerprint density at radius 3 is 2.77 bits per heavy atom. The number of benzene rings is 1. The van der Waals surface area contributed by atoms with Crippen molar-refractivity contribution in [3.05, 3.63) is 56.9 Å². The minimum Gasteiger partial charge on any atom is -0.497 e. The predicted octanol–water partition coefficient (Wildman–Crippen LogP) is 2.45. The first kappa shape index (κ1) is 30.3. The molecule has 5 heterocycles. The van der Waals surface area contributed by atoms with Crippen molar-refractivity contribution in [3.8, 4) is 5.75 Å². The van der Waals surface area contributed by atoms with E-state index in [1.165, 1.54) is 24.1 Å². The molecule has 1 aromatic carbocycles. The van der Waals surface area contributed by atoms with Crippen molar-refractivity contribution in [1.29, 1.82) is 0 Å². The lowest BCUT2D eigenvalue weighted by atomic mass is 10.1. The first-order valence-electron chi connectivity index (χ1n) is 13.7. The molecule has 16 nitrogen and oxygen atoms in total. The van der Waals surface area contributed by atoms with Gasteiger partial charge in [-0.2, -0.15) is 4.98 Å². The quantitative estimate of drug-likeness (QED) is 0.216. The van der Waals surface area contributed by atoms with Crippen LogP contribution < -0.4 is 21.0 Å². The van der Waals surface area contributed by atoms with Crippen LogP contribution in [0.5, 0.6) is 5.75 Å². The fourth-order valence-corrected chi connectivity index (χ4v) is 5.67. The average molecular weight is 632 g/mol. The molecular weight excluding hydrogens is 601 g/mol. The number of anilines is 1. The molecule has 0 bridgehead atoms. The monoisotopic (exact) mass is 631 g/mol. The number of nitrogens with zero attached hydrogens (tertiary/aromatic N) is 3. The van der Waals surface area contributed by atoms with E-state index >= 15 is 0 Å². The molecule has 1 amide bonds. The van der Waals surface area contributed by atoms with Gasteiger partial charge in [0.15, 0.2) is 28.6 Å². The summed E-state index contributed by atoms with van der Waals surface area (Å²) in [6, 6.07) is 6.14. The number of methoxy groups -OCH3 is 1. The second-order valence-electron chi connectivity index (χ2n) is 10.5. The molecule has 6 rings (SSSR count). The maximum absolute atomic E-state index is 12.6. The summed E-state index contributed by atoms with van der Waals surface area (Å²) < 4.78 is 41.9. The molecule has 2 fully saturated rings. The maximum Gasteiger partial charge on any atom is 0.330 e. The number of H-pyrrole nitrogens is 1. The smallest absolute Gasteiger partial charge is 0.330 e. The number of rotatable bonds is 10. The minimum absolute atomic E-state index is 0.0288. The van der Waals surface area contributed by atoms with Crippen LogP contribution in [0.15, 0.2) is 44.6 Å². The van der Waals surface area contributed by atoms with E-state index in [0.717, 1.165) is 0 Å². The SMILES string of the molecule is CCC(=O)Nc1nc2c(ncn2[C@@H]2O[C@H](COP(O)OCc3cc(=O)c4ccc(OC)cc4o3)[C@H]3OC(C)(C)O[C@H]32)c(=O)[nH]1. The fraction of sp³-hybridized carbons (Fsp3) is 0.444. The fourth-order valence-electron chi connectivity index (χ4n) is 5.09. The molecule has 2 aliphatic rings. The molecule has 234 valence electrons. The van der Waals surface area contributed by atoms with Gasteiger partial charge in [0, 0.05) is 18.6 Å². The molecule has 4 aromatic rings. The molecule has 0 saturated carbocycles. The molecule has 0 aliphatic carbocycles. The van der Waals surface area contributed by atoms with E-state index in [0.29, 0.717) is 16.7 Å². The third kappa shape index (κ3) is 5.97. The second-order valence-corrected chi connectivity index (χ2v) is 11.5. The summed E-state index contributed by atoms with van der Waals surface area (Å²) in [6.07, 6.45) is -1.24. The van der Waals surface area contributed by atoms with Crippen molar-refractivity contribution in [2.75, 3.05) is 19.0 Å². The van der Waals surface area contributed by atoms with Gasteiger partial charge in [-0.05, 0) is 26.0 Å². The average Bonchev–Trinajstić information content (AvgIpc) is 3.65. The van der Waals surface area contributed by atoms with Crippen molar-refractivity contribution in [2.24, 2.45) is 0 Å². The van der Waals surface area contributed by atoms with Crippen LogP contribution in [-0.4, -0.2) is 68.1 Å². The van der Waals surface area contributed by atoms with Crippen LogP contribution >= 0.6 is 8.60 Å². The lowest BCUT2D eigenvalue weighted by Gasteiger charge is -2.25. The van der Waals surface area contributed by atoms with Crippen molar-refractivity contribution >= 4 is 42.6 Å². The first-order chi connectivity index (χ1) is 21.0. The Bertz CT molecular complexity index is 1820. The van der Waals surface area contributed by atoms with Gasteiger partial charge in [0.05, 0.1) is 25.4 Å². The molecule has 2 aliphatic heterocycles. The first-order valence-corrected chi connectivity index (χ1v) is 14.8. The molecule has 0 spiro atoms. The molecular formula is C27H30N5O11P. The van der Waals surface area contributed by atoms with Gasteiger partial charge in [0.25, 0.3) is 5.56 Å². The largest absolute Gasteiger partial charge is 0.497 e. The summed E-state index contributed by atoms with van der Waals surface area (Å²) >= 11 is 0. The van der Waals surface area contributed by atoms with Gasteiger partial charge < -0.3 is 37.3 Å². The highest BCUT2D eigenvalue weighted by Crippen LogP contribution is 2.45. The normalized spacial score (nSPS) is 23.2. The van der Waals surface area contributed by atoms with Crippen molar-refractivity contribution < 1.29 is 42.1 Å².